The van der Waals surface area contributed by atoms with Crippen LogP contribution in [-0.4, -0.2) is 22.6 Å². The number of hydrogen-bond donors (Lipinski definition) is 2. The smallest absolute Gasteiger partial charge is 0.336 e. The van der Waals surface area contributed by atoms with Gasteiger partial charge in [-0.3, -0.25) is 10.2 Å². The minimum atomic E-state index is -1.02. The summed E-state index contributed by atoms with van der Waals surface area (Å²) in [5.41, 5.74) is 0.583. The first kappa shape index (κ1) is 13.0. The molecule has 0 aliphatic heterocycles. The fourth-order valence-corrected chi connectivity index (χ4v) is 2.03. The molecule has 4 nitrogen and oxygen atoms in total. The van der Waals surface area contributed by atoms with E-state index in [2.05, 4.69) is 0 Å². The van der Waals surface area contributed by atoms with Gasteiger partial charge in [-0.25, -0.2) is 4.79 Å². The Morgan fingerprint density at radius 1 is 1.05 bits per heavy atom. The largest absolute Gasteiger partial charge is 0.478 e. The maximum absolute atomic E-state index is 11.6. The Kier molecular flexibility index (Phi) is 3.42. The highest BCUT2D eigenvalue weighted by molar-refractivity contribution is 6.47. The average Bonchev–Trinajstić information content (AvgIpc) is 2.44. The van der Waals surface area contributed by atoms with Gasteiger partial charge >= 0.3 is 5.97 Å². The SMILES string of the molecule is CCC(=O)C(=N)c1ccc(C(=O)O)c2ccccc12. The van der Waals surface area contributed by atoms with Crippen molar-refractivity contribution in [2.45, 2.75) is 13.3 Å². The van der Waals surface area contributed by atoms with E-state index in [0.29, 0.717) is 16.3 Å². The third-order valence-electron chi connectivity index (χ3n) is 3.02. The number of nitrogens with one attached hydrogen (secondary N) is 1. The van der Waals surface area contributed by atoms with Gasteiger partial charge in [-0.15, -0.1) is 0 Å². The summed E-state index contributed by atoms with van der Waals surface area (Å²) in [5.74, 6) is -1.27. The number of ketones is 1. The van der Waals surface area contributed by atoms with Crippen molar-refractivity contribution in [3.05, 3.63) is 47.5 Å². The molecule has 0 atom stereocenters. The fourth-order valence-electron chi connectivity index (χ4n) is 2.03. The Morgan fingerprint density at radius 2 is 1.58 bits per heavy atom. The van der Waals surface area contributed by atoms with Crippen molar-refractivity contribution >= 4 is 28.2 Å². The molecule has 0 spiro atoms. The quantitative estimate of drug-likeness (QED) is 0.824. The lowest BCUT2D eigenvalue weighted by molar-refractivity contribution is -0.112. The summed E-state index contributed by atoms with van der Waals surface area (Å²) in [6.45, 7) is 1.70. The second kappa shape index (κ2) is 5.02. The highest BCUT2D eigenvalue weighted by Gasteiger charge is 2.16. The Labute approximate surface area is 110 Å². The highest BCUT2D eigenvalue weighted by Crippen LogP contribution is 2.23. The monoisotopic (exact) mass is 255 g/mol. The van der Waals surface area contributed by atoms with Gasteiger partial charge in [0, 0.05) is 12.0 Å². The van der Waals surface area contributed by atoms with Crippen molar-refractivity contribution in [1.82, 2.24) is 0 Å². The van der Waals surface area contributed by atoms with Gasteiger partial charge in [-0.2, -0.15) is 0 Å². The standard InChI is InChI=1S/C15H13NO3/c1-2-13(17)14(16)11-7-8-12(15(18)19)10-6-4-3-5-9(10)11/h3-8,16H,2H2,1H3,(H,18,19). The lowest BCUT2D eigenvalue weighted by Gasteiger charge is -2.09. The molecule has 2 aromatic rings. The van der Waals surface area contributed by atoms with Gasteiger partial charge in [0.1, 0.15) is 5.71 Å². The summed E-state index contributed by atoms with van der Waals surface area (Å²) in [7, 11) is 0. The van der Waals surface area contributed by atoms with E-state index in [0.717, 1.165) is 0 Å². The summed E-state index contributed by atoms with van der Waals surface area (Å²) < 4.78 is 0. The van der Waals surface area contributed by atoms with E-state index in [4.69, 9.17) is 10.5 Å². The number of aromatic carboxylic acids is 1. The molecule has 4 heteroatoms. The molecule has 96 valence electrons. The van der Waals surface area contributed by atoms with Gasteiger partial charge in [0.05, 0.1) is 5.56 Å². The molecule has 0 saturated carbocycles. The van der Waals surface area contributed by atoms with Crippen LogP contribution >= 0.6 is 0 Å². The summed E-state index contributed by atoms with van der Waals surface area (Å²) in [5, 5.41) is 18.2. The molecule has 0 bridgehead atoms. The van der Waals surface area contributed by atoms with E-state index in [1.165, 1.54) is 12.1 Å². The number of carbonyl (C=O) groups excluding carboxylic acids is 1. The van der Waals surface area contributed by atoms with E-state index in [9.17, 15) is 9.59 Å². The Bertz CT molecular complexity index is 689. The molecule has 0 aliphatic rings. The molecule has 2 N–H and O–H groups in total. The number of hydrogen-bond acceptors (Lipinski definition) is 3. The maximum atomic E-state index is 11.6. The van der Waals surface area contributed by atoms with Crippen LogP contribution in [0.5, 0.6) is 0 Å². The van der Waals surface area contributed by atoms with E-state index < -0.39 is 5.97 Å². The van der Waals surface area contributed by atoms with Crippen LogP contribution < -0.4 is 0 Å². The number of carbonyl (C=O) groups is 2. The van der Waals surface area contributed by atoms with Gasteiger partial charge in [-0.1, -0.05) is 37.3 Å². The molecule has 0 amide bonds. The Morgan fingerprint density at radius 3 is 2.11 bits per heavy atom. The third-order valence-corrected chi connectivity index (χ3v) is 3.02. The van der Waals surface area contributed by atoms with Crippen LogP contribution in [0.25, 0.3) is 10.8 Å². The minimum absolute atomic E-state index is 0.0735. The molecule has 0 fully saturated rings. The molecule has 19 heavy (non-hydrogen) atoms. The van der Waals surface area contributed by atoms with Crippen molar-refractivity contribution in [2.24, 2.45) is 0 Å². The fraction of sp³-hybridized carbons (Fsp3) is 0.133. The van der Waals surface area contributed by atoms with E-state index in [1.807, 2.05) is 0 Å². The minimum Gasteiger partial charge on any atom is -0.478 e. The molecule has 0 aliphatic carbocycles. The Hall–Kier alpha value is -2.49. The maximum Gasteiger partial charge on any atom is 0.336 e. The second-order valence-corrected chi connectivity index (χ2v) is 4.16. The molecule has 0 saturated heterocycles. The topological polar surface area (TPSA) is 78.2 Å². The van der Waals surface area contributed by atoms with Crippen molar-refractivity contribution in [3.63, 3.8) is 0 Å². The highest BCUT2D eigenvalue weighted by atomic mass is 16.4. The number of benzene rings is 2. The molecular formula is C15H13NO3. The number of fused-ring (bicyclic) bond motifs is 1. The summed E-state index contributed by atoms with van der Waals surface area (Å²) >= 11 is 0. The van der Waals surface area contributed by atoms with Crippen molar-refractivity contribution in [3.8, 4) is 0 Å². The normalized spacial score (nSPS) is 10.4. The zero-order chi connectivity index (χ0) is 14.0. The molecule has 2 rings (SSSR count). The zero-order valence-corrected chi connectivity index (χ0v) is 10.4. The van der Waals surface area contributed by atoms with Crippen LogP contribution in [0.15, 0.2) is 36.4 Å². The summed E-state index contributed by atoms with van der Waals surface area (Å²) in [4.78, 5) is 22.8. The van der Waals surface area contributed by atoms with Crippen LogP contribution in [0.1, 0.15) is 29.3 Å². The average molecular weight is 255 g/mol. The Balaban J connectivity index is 2.72. The third kappa shape index (κ3) is 2.25. The first-order valence-electron chi connectivity index (χ1n) is 5.93. The second-order valence-electron chi connectivity index (χ2n) is 4.16. The first-order valence-corrected chi connectivity index (χ1v) is 5.93. The first-order chi connectivity index (χ1) is 9.06. The van der Waals surface area contributed by atoms with Crippen LogP contribution in [0.4, 0.5) is 0 Å². The molecule has 2 aromatic carbocycles. The van der Waals surface area contributed by atoms with Gasteiger partial charge in [0.2, 0.25) is 0 Å². The van der Waals surface area contributed by atoms with Gasteiger partial charge in [0.15, 0.2) is 5.78 Å². The number of Topliss-reactive ketones (excluding diaryl/α,β-unsaturated/α-hetero) is 1. The molecule has 0 unspecified atom stereocenters. The summed E-state index contributed by atoms with van der Waals surface area (Å²) in [6.07, 6.45) is 0.258. The van der Waals surface area contributed by atoms with Crippen LogP contribution in [0.3, 0.4) is 0 Å². The van der Waals surface area contributed by atoms with Gasteiger partial charge < -0.3 is 5.11 Å². The zero-order valence-electron chi connectivity index (χ0n) is 10.4. The van der Waals surface area contributed by atoms with Gasteiger partial charge in [-0.05, 0) is 16.8 Å². The van der Waals surface area contributed by atoms with Crippen LogP contribution in [0.2, 0.25) is 0 Å². The van der Waals surface area contributed by atoms with E-state index in [-0.39, 0.29) is 23.5 Å². The molecule has 0 heterocycles. The predicted octanol–water partition coefficient (Wildman–Crippen LogP) is 2.88. The van der Waals surface area contributed by atoms with Crippen LogP contribution in [0, 0.1) is 5.41 Å². The van der Waals surface area contributed by atoms with Crippen molar-refractivity contribution < 1.29 is 14.7 Å². The lowest BCUT2D eigenvalue weighted by atomic mass is 9.95. The number of rotatable bonds is 4. The van der Waals surface area contributed by atoms with Crippen LogP contribution in [-0.2, 0) is 4.79 Å². The molecular weight excluding hydrogens is 242 g/mol. The molecule has 0 aromatic heterocycles. The number of carboxylic acid groups (broad SMARTS) is 1. The van der Waals surface area contributed by atoms with E-state index in [1.54, 1.807) is 31.2 Å². The van der Waals surface area contributed by atoms with E-state index >= 15 is 0 Å². The number of carboxylic acids is 1. The van der Waals surface area contributed by atoms with Crippen molar-refractivity contribution in [2.75, 3.05) is 0 Å². The predicted molar refractivity (Wildman–Crippen MR) is 73.0 cm³/mol. The summed E-state index contributed by atoms with van der Waals surface area (Å²) in [6, 6.07) is 9.89. The van der Waals surface area contributed by atoms with Gasteiger partial charge in [0.25, 0.3) is 0 Å². The lowest BCUT2D eigenvalue weighted by Crippen LogP contribution is -2.13. The molecule has 0 radical (unpaired) electrons. The van der Waals surface area contributed by atoms with Crippen molar-refractivity contribution in [1.29, 1.82) is 5.41 Å².